The van der Waals surface area contributed by atoms with Crippen LogP contribution >= 0.6 is 0 Å². The molecular formula is C19H19N3O3S. The molecule has 0 radical (unpaired) electrons. The Kier molecular flexibility index (Phi) is 5.18. The van der Waals surface area contributed by atoms with E-state index in [9.17, 15) is 13.2 Å². The lowest BCUT2D eigenvalue weighted by Gasteiger charge is -2.23. The third-order valence-corrected chi connectivity index (χ3v) is 5.09. The first-order valence-electron chi connectivity index (χ1n) is 8.06. The van der Waals surface area contributed by atoms with Crippen LogP contribution in [0, 0.1) is 0 Å². The molecule has 0 aliphatic carbocycles. The van der Waals surface area contributed by atoms with Gasteiger partial charge in [0, 0.05) is 24.3 Å². The van der Waals surface area contributed by atoms with Gasteiger partial charge in [-0.25, -0.2) is 8.42 Å². The summed E-state index contributed by atoms with van der Waals surface area (Å²) in [6.07, 6.45) is 4.38. The molecule has 0 bridgehead atoms. The van der Waals surface area contributed by atoms with Gasteiger partial charge in [-0.05, 0) is 29.1 Å². The lowest BCUT2D eigenvalue weighted by Crippen LogP contribution is -2.40. The molecule has 0 atom stereocenters. The van der Waals surface area contributed by atoms with Crippen molar-refractivity contribution >= 4 is 32.4 Å². The van der Waals surface area contributed by atoms with E-state index in [0.29, 0.717) is 12.2 Å². The highest BCUT2D eigenvalue weighted by Crippen LogP contribution is 2.28. The van der Waals surface area contributed by atoms with Gasteiger partial charge in [-0.15, -0.1) is 0 Å². The molecule has 134 valence electrons. The summed E-state index contributed by atoms with van der Waals surface area (Å²) in [5.41, 5.74) is 1.38. The summed E-state index contributed by atoms with van der Waals surface area (Å²) >= 11 is 0. The number of aromatic nitrogens is 1. The Hall–Kier alpha value is -2.93. The highest BCUT2D eigenvalue weighted by molar-refractivity contribution is 7.92. The minimum Gasteiger partial charge on any atom is -0.350 e. The van der Waals surface area contributed by atoms with Gasteiger partial charge < -0.3 is 5.32 Å². The quantitative estimate of drug-likeness (QED) is 0.723. The topological polar surface area (TPSA) is 79.4 Å². The molecular weight excluding hydrogens is 350 g/mol. The molecule has 6 nitrogen and oxygen atoms in total. The number of nitrogens with one attached hydrogen (secondary N) is 1. The van der Waals surface area contributed by atoms with Gasteiger partial charge in [0.15, 0.2) is 0 Å². The van der Waals surface area contributed by atoms with Gasteiger partial charge in [0.25, 0.3) is 0 Å². The number of fused-ring (bicyclic) bond motifs is 1. The first kappa shape index (κ1) is 17.9. The fourth-order valence-electron chi connectivity index (χ4n) is 2.69. The van der Waals surface area contributed by atoms with Crippen molar-refractivity contribution in [2.45, 2.75) is 6.54 Å². The van der Waals surface area contributed by atoms with Crippen molar-refractivity contribution in [3.63, 3.8) is 0 Å². The molecule has 0 saturated carbocycles. The summed E-state index contributed by atoms with van der Waals surface area (Å²) in [6.45, 7) is 0.0341. The molecule has 2 aromatic carbocycles. The summed E-state index contributed by atoms with van der Waals surface area (Å²) in [6, 6.07) is 16.5. The Morgan fingerprint density at radius 1 is 1.04 bits per heavy atom. The first-order chi connectivity index (χ1) is 12.4. The molecule has 1 aromatic heterocycles. The second kappa shape index (κ2) is 7.53. The van der Waals surface area contributed by atoms with Crippen molar-refractivity contribution in [3.8, 4) is 0 Å². The van der Waals surface area contributed by atoms with Crippen LogP contribution in [0.2, 0.25) is 0 Å². The molecule has 0 saturated heterocycles. The van der Waals surface area contributed by atoms with Crippen molar-refractivity contribution < 1.29 is 13.2 Å². The Balaban J connectivity index is 1.84. The number of amides is 1. The number of benzene rings is 2. The van der Waals surface area contributed by atoms with Crippen LogP contribution in [0.1, 0.15) is 5.56 Å². The molecule has 7 heteroatoms. The Labute approximate surface area is 152 Å². The van der Waals surface area contributed by atoms with Gasteiger partial charge in [-0.1, -0.05) is 36.4 Å². The molecule has 3 rings (SSSR count). The van der Waals surface area contributed by atoms with Crippen molar-refractivity contribution in [1.82, 2.24) is 10.3 Å². The second-order valence-corrected chi connectivity index (χ2v) is 7.81. The summed E-state index contributed by atoms with van der Waals surface area (Å²) in [5, 5.41) is 4.44. The molecule has 0 spiro atoms. The van der Waals surface area contributed by atoms with Crippen LogP contribution in [0.5, 0.6) is 0 Å². The van der Waals surface area contributed by atoms with Crippen LogP contribution in [0.15, 0.2) is 67.0 Å². The predicted octanol–water partition coefficient (Wildman–Crippen LogP) is 2.32. The molecule has 1 amide bonds. The van der Waals surface area contributed by atoms with E-state index in [1.165, 1.54) is 0 Å². The smallest absolute Gasteiger partial charge is 0.241 e. The van der Waals surface area contributed by atoms with Crippen molar-refractivity contribution in [3.05, 3.63) is 72.6 Å². The first-order valence-corrected chi connectivity index (χ1v) is 9.91. The van der Waals surface area contributed by atoms with Crippen LogP contribution in [0.25, 0.3) is 10.8 Å². The van der Waals surface area contributed by atoms with Gasteiger partial charge in [0.2, 0.25) is 15.9 Å². The van der Waals surface area contributed by atoms with Gasteiger partial charge >= 0.3 is 0 Å². The summed E-state index contributed by atoms with van der Waals surface area (Å²) in [4.78, 5) is 16.3. The zero-order chi connectivity index (χ0) is 18.6. The maximum Gasteiger partial charge on any atom is 0.241 e. The number of carbonyl (C=O) groups is 1. The largest absolute Gasteiger partial charge is 0.350 e. The molecule has 3 aromatic rings. The van der Waals surface area contributed by atoms with Crippen LogP contribution in [-0.4, -0.2) is 32.1 Å². The van der Waals surface area contributed by atoms with E-state index in [4.69, 9.17) is 0 Å². The molecule has 0 aliphatic heterocycles. The summed E-state index contributed by atoms with van der Waals surface area (Å²) in [5.74, 6) is -0.375. The highest BCUT2D eigenvalue weighted by Gasteiger charge is 2.22. The fraction of sp³-hybridized carbons (Fsp3) is 0.158. The third-order valence-electron chi connectivity index (χ3n) is 3.96. The van der Waals surface area contributed by atoms with Crippen LogP contribution in [0.4, 0.5) is 5.69 Å². The van der Waals surface area contributed by atoms with Crippen molar-refractivity contribution in [1.29, 1.82) is 0 Å². The Bertz CT molecular complexity index is 1020. The number of carbonyl (C=O) groups excluding carboxylic acids is 1. The van der Waals surface area contributed by atoms with Gasteiger partial charge in [0.05, 0.1) is 11.9 Å². The maximum absolute atomic E-state index is 12.4. The molecule has 0 unspecified atom stereocenters. The minimum absolute atomic E-state index is 0.280. The highest BCUT2D eigenvalue weighted by atomic mass is 32.2. The van der Waals surface area contributed by atoms with E-state index in [1.807, 2.05) is 30.3 Å². The molecule has 1 heterocycles. The summed E-state index contributed by atoms with van der Waals surface area (Å²) < 4.78 is 25.8. The predicted molar refractivity (Wildman–Crippen MR) is 102 cm³/mol. The lowest BCUT2D eigenvalue weighted by atomic mass is 10.1. The van der Waals surface area contributed by atoms with Gasteiger partial charge in [-0.2, -0.15) is 0 Å². The summed E-state index contributed by atoms with van der Waals surface area (Å²) in [7, 11) is -3.62. The number of anilines is 1. The van der Waals surface area contributed by atoms with Crippen LogP contribution in [0.3, 0.4) is 0 Å². The number of rotatable bonds is 6. The average Bonchev–Trinajstić information content (AvgIpc) is 2.64. The third kappa shape index (κ3) is 4.18. The fourth-order valence-corrected chi connectivity index (χ4v) is 3.56. The lowest BCUT2D eigenvalue weighted by molar-refractivity contribution is -0.119. The van der Waals surface area contributed by atoms with Gasteiger partial charge in [-0.3, -0.25) is 14.1 Å². The zero-order valence-electron chi connectivity index (χ0n) is 14.3. The number of hydrogen-bond donors (Lipinski definition) is 1. The van der Waals surface area contributed by atoms with E-state index in [0.717, 1.165) is 26.9 Å². The van der Waals surface area contributed by atoms with E-state index >= 15 is 0 Å². The molecule has 26 heavy (non-hydrogen) atoms. The van der Waals surface area contributed by atoms with Crippen molar-refractivity contribution in [2.24, 2.45) is 0 Å². The van der Waals surface area contributed by atoms with Gasteiger partial charge in [0.1, 0.15) is 6.54 Å². The minimum atomic E-state index is -3.62. The number of nitrogens with zero attached hydrogens (tertiary/aromatic N) is 2. The number of pyridine rings is 1. The standard InChI is InChI=1S/C19H19N3O3S/c1-26(24,25)22(14-19(23)21-13-15-9-11-20-12-10-15)18-8-4-6-16-5-2-3-7-17(16)18/h2-12H,13-14H2,1H3,(H,21,23). The van der Waals surface area contributed by atoms with Crippen LogP contribution in [-0.2, 0) is 21.4 Å². The normalized spacial score (nSPS) is 11.3. The monoisotopic (exact) mass is 369 g/mol. The maximum atomic E-state index is 12.4. The van der Waals surface area contributed by atoms with E-state index in [1.54, 1.807) is 36.7 Å². The van der Waals surface area contributed by atoms with E-state index < -0.39 is 10.0 Å². The molecule has 0 aliphatic rings. The SMILES string of the molecule is CS(=O)(=O)N(CC(=O)NCc1ccncc1)c1cccc2ccccc12. The Morgan fingerprint density at radius 2 is 1.73 bits per heavy atom. The molecule has 0 fully saturated rings. The van der Waals surface area contributed by atoms with E-state index in [2.05, 4.69) is 10.3 Å². The number of sulfonamides is 1. The van der Waals surface area contributed by atoms with Crippen LogP contribution < -0.4 is 9.62 Å². The zero-order valence-corrected chi connectivity index (χ0v) is 15.1. The van der Waals surface area contributed by atoms with Crippen molar-refractivity contribution in [2.75, 3.05) is 17.1 Å². The Morgan fingerprint density at radius 3 is 2.46 bits per heavy atom. The van der Waals surface area contributed by atoms with E-state index in [-0.39, 0.29) is 12.5 Å². The average molecular weight is 369 g/mol. The number of hydrogen-bond acceptors (Lipinski definition) is 4. The second-order valence-electron chi connectivity index (χ2n) is 5.90. The molecule has 1 N–H and O–H groups in total.